The number of aliphatic imine (C=N–C) groups is 1. The number of ether oxygens (including phenoxy) is 2. The number of rotatable bonds is 4. The molecule has 0 radical (unpaired) electrons. The molecule has 0 atom stereocenters. The van der Waals surface area contributed by atoms with Crippen LogP contribution in [0.15, 0.2) is 27.7 Å². The number of hydrogen-bond acceptors (Lipinski definition) is 5. The Morgan fingerprint density at radius 3 is 2.46 bits per heavy atom. The second-order valence-electron chi connectivity index (χ2n) is 7.92. The van der Waals surface area contributed by atoms with E-state index in [0.717, 1.165) is 42.7 Å². The van der Waals surface area contributed by atoms with Crippen molar-refractivity contribution in [3.8, 4) is 11.5 Å². The van der Waals surface area contributed by atoms with Gasteiger partial charge in [-0.3, -0.25) is 4.99 Å². The van der Waals surface area contributed by atoms with Crippen LogP contribution in [0.3, 0.4) is 0 Å². The summed E-state index contributed by atoms with van der Waals surface area (Å²) in [5, 5.41) is 3.37. The van der Waals surface area contributed by atoms with Crippen molar-refractivity contribution in [2.45, 2.75) is 45.7 Å². The van der Waals surface area contributed by atoms with E-state index in [1.165, 1.54) is 11.1 Å². The topological polar surface area (TPSA) is 72.1 Å². The summed E-state index contributed by atoms with van der Waals surface area (Å²) in [5.41, 5.74) is 2.45. The highest BCUT2D eigenvalue weighted by Gasteiger charge is 2.23. The highest BCUT2D eigenvalue weighted by Crippen LogP contribution is 2.33. The van der Waals surface area contributed by atoms with Crippen LogP contribution < -0.4 is 14.8 Å². The molecule has 0 fully saturated rings. The van der Waals surface area contributed by atoms with E-state index >= 15 is 0 Å². The number of methoxy groups -OCH3 is 2. The molecule has 0 saturated carbocycles. The summed E-state index contributed by atoms with van der Waals surface area (Å²) in [6, 6.07) is 4.12. The Labute approximate surface area is 166 Å². The molecule has 1 aromatic heterocycles. The number of aromatic nitrogens is 1. The predicted octanol–water partition coefficient (Wildman–Crippen LogP) is 3.12. The van der Waals surface area contributed by atoms with Crippen LogP contribution >= 0.6 is 0 Å². The van der Waals surface area contributed by atoms with Gasteiger partial charge in [-0.2, -0.15) is 0 Å². The first-order valence-electron chi connectivity index (χ1n) is 9.50. The number of nitrogens with zero attached hydrogens (tertiary/aromatic N) is 3. The van der Waals surface area contributed by atoms with Crippen LogP contribution in [0.4, 0.5) is 0 Å². The van der Waals surface area contributed by atoms with Gasteiger partial charge in [-0.1, -0.05) is 20.8 Å². The lowest BCUT2D eigenvalue weighted by molar-refractivity contribution is 0.344. The number of guanidine groups is 1. The number of fused-ring (bicyclic) bond motifs is 1. The average Bonchev–Trinajstić information content (AvgIpc) is 3.16. The Balaban J connectivity index is 1.68. The van der Waals surface area contributed by atoms with Gasteiger partial charge in [0.25, 0.3) is 0 Å². The third kappa shape index (κ3) is 4.24. The fourth-order valence-corrected chi connectivity index (χ4v) is 3.29. The zero-order valence-corrected chi connectivity index (χ0v) is 17.6. The molecule has 1 aliphatic heterocycles. The molecule has 0 bridgehead atoms. The largest absolute Gasteiger partial charge is 0.493 e. The minimum Gasteiger partial charge on any atom is -0.493 e. The van der Waals surface area contributed by atoms with Crippen molar-refractivity contribution >= 4 is 5.96 Å². The molecule has 1 aromatic carbocycles. The first-order valence-corrected chi connectivity index (χ1v) is 9.50. The summed E-state index contributed by atoms with van der Waals surface area (Å²) in [6.07, 6.45) is 2.72. The third-order valence-electron chi connectivity index (χ3n) is 4.92. The lowest BCUT2D eigenvalue weighted by atomic mass is 9.94. The molecule has 0 amide bonds. The molecule has 7 nitrogen and oxygen atoms in total. The molecule has 1 N–H and O–H groups in total. The van der Waals surface area contributed by atoms with E-state index in [4.69, 9.17) is 13.9 Å². The number of nitrogens with one attached hydrogen (secondary N) is 1. The molecule has 0 saturated heterocycles. The second kappa shape index (κ2) is 8.12. The van der Waals surface area contributed by atoms with Crippen LogP contribution in [0.2, 0.25) is 0 Å². The molecule has 152 valence electrons. The monoisotopic (exact) mass is 386 g/mol. The highest BCUT2D eigenvalue weighted by atomic mass is 16.5. The summed E-state index contributed by atoms with van der Waals surface area (Å²) >= 11 is 0. The van der Waals surface area contributed by atoms with Crippen LogP contribution in [0.25, 0.3) is 0 Å². The quantitative estimate of drug-likeness (QED) is 0.643. The van der Waals surface area contributed by atoms with Crippen LogP contribution in [0.5, 0.6) is 11.5 Å². The van der Waals surface area contributed by atoms with Gasteiger partial charge in [0.2, 0.25) is 5.89 Å². The first-order chi connectivity index (χ1) is 13.4. The Bertz CT molecular complexity index is 852. The van der Waals surface area contributed by atoms with Gasteiger partial charge in [-0.25, -0.2) is 4.98 Å². The fraction of sp³-hybridized carbons (Fsp3) is 0.524. The standard InChI is InChI=1S/C21H30N4O3/c1-21(2,3)18-11-23-19(28-18)12-24-20(22-4)25-8-7-14-9-16(26-5)17(27-6)10-15(14)13-25/h9-11H,7-8,12-13H2,1-6H3,(H,22,24). The number of oxazole rings is 1. The zero-order valence-electron chi connectivity index (χ0n) is 17.6. The number of hydrogen-bond donors (Lipinski definition) is 1. The molecule has 28 heavy (non-hydrogen) atoms. The molecule has 3 rings (SSSR count). The van der Waals surface area contributed by atoms with Crippen LogP contribution in [0, 0.1) is 0 Å². The maximum Gasteiger partial charge on any atom is 0.213 e. The maximum atomic E-state index is 5.86. The minimum atomic E-state index is -0.0520. The molecule has 2 aromatic rings. The normalized spacial score (nSPS) is 14.6. The number of benzene rings is 1. The second-order valence-corrected chi connectivity index (χ2v) is 7.92. The van der Waals surface area contributed by atoms with Crippen molar-refractivity contribution in [3.63, 3.8) is 0 Å². The smallest absolute Gasteiger partial charge is 0.213 e. The fourth-order valence-electron chi connectivity index (χ4n) is 3.29. The highest BCUT2D eigenvalue weighted by molar-refractivity contribution is 5.80. The molecule has 1 aliphatic rings. The van der Waals surface area contributed by atoms with E-state index in [9.17, 15) is 0 Å². The van der Waals surface area contributed by atoms with E-state index in [-0.39, 0.29) is 5.41 Å². The Morgan fingerprint density at radius 2 is 1.89 bits per heavy atom. The van der Waals surface area contributed by atoms with E-state index < -0.39 is 0 Å². The van der Waals surface area contributed by atoms with Gasteiger partial charge >= 0.3 is 0 Å². The van der Waals surface area contributed by atoms with Gasteiger partial charge < -0.3 is 24.1 Å². The molecule has 0 spiro atoms. The van der Waals surface area contributed by atoms with E-state index in [2.05, 4.69) is 53.1 Å². The van der Waals surface area contributed by atoms with Gasteiger partial charge in [0.15, 0.2) is 17.5 Å². The average molecular weight is 386 g/mol. The molecule has 0 unspecified atom stereocenters. The summed E-state index contributed by atoms with van der Waals surface area (Å²) in [6.45, 7) is 8.46. The summed E-state index contributed by atoms with van der Waals surface area (Å²) in [7, 11) is 5.12. The van der Waals surface area contributed by atoms with E-state index in [1.54, 1.807) is 27.5 Å². The maximum absolute atomic E-state index is 5.86. The Kier molecular flexibility index (Phi) is 5.82. The minimum absolute atomic E-state index is 0.0520. The van der Waals surface area contributed by atoms with Crippen LogP contribution in [-0.4, -0.2) is 43.7 Å². The Hall–Kier alpha value is -2.70. The van der Waals surface area contributed by atoms with Gasteiger partial charge in [-0.15, -0.1) is 0 Å². The third-order valence-corrected chi connectivity index (χ3v) is 4.92. The predicted molar refractivity (Wildman–Crippen MR) is 109 cm³/mol. The molecular weight excluding hydrogens is 356 g/mol. The lowest BCUT2D eigenvalue weighted by Crippen LogP contribution is -2.43. The van der Waals surface area contributed by atoms with Crippen LogP contribution in [-0.2, 0) is 24.9 Å². The van der Waals surface area contributed by atoms with Crippen molar-refractivity contribution in [1.82, 2.24) is 15.2 Å². The summed E-state index contributed by atoms with van der Waals surface area (Å²) < 4.78 is 16.7. The van der Waals surface area contributed by atoms with Gasteiger partial charge in [-0.05, 0) is 29.7 Å². The Morgan fingerprint density at radius 1 is 1.21 bits per heavy atom. The lowest BCUT2D eigenvalue weighted by Gasteiger charge is -2.32. The van der Waals surface area contributed by atoms with Crippen molar-refractivity contribution in [2.75, 3.05) is 27.8 Å². The van der Waals surface area contributed by atoms with Gasteiger partial charge in [0.05, 0.1) is 27.0 Å². The van der Waals surface area contributed by atoms with Crippen molar-refractivity contribution in [2.24, 2.45) is 4.99 Å². The van der Waals surface area contributed by atoms with Crippen LogP contribution in [0.1, 0.15) is 43.5 Å². The molecule has 7 heteroatoms. The summed E-state index contributed by atoms with van der Waals surface area (Å²) in [4.78, 5) is 11.0. The molecular formula is C21H30N4O3. The zero-order chi connectivity index (χ0) is 20.3. The first kappa shape index (κ1) is 20.0. The van der Waals surface area contributed by atoms with Crippen molar-refractivity contribution < 1.29 is 13.9 Å². The molecule has 0 aliphatic carbocycles. The van der Waals surface area contributed by atoms with E-state index in [1.807, 2.05) is 0 Å². The van der Waals surface area contributed by atoms with Gasteiger partial charge in [0, 0.05) is 25.6 Å². The van der Waals surface area contributed by atoms with Gasteiger partial charge in [0.1, 0.15) is 5.76 Å². The summed E-state index contributed by atoms with van der Waals surface area (Å²) in [5.74, 6) is 3.90. The van der Waals surface area contributed by atoms with Crippen molar-refractivity contribution in [1.29, 1.82) is 0 Å². The van der Waals surface area contributed by atoms with E-state index in [0.29, 0.717) is 12.4 Å². The van der Waals surface area contributed by atoms with Crippen molar-refractivity contribution in [3.05, 3.63) is 41.1 Å². The SMILES string of the molecule is CN=C(NCc1ncc(C(C)(C)C)o1)N1CCc2cc(OC)c(OC)cc2C1. The molecule has 2 heterocycles.